The second-order valence-electron chi connectivity index (χ2n) is 8.44. The molecule has 0 fully saturated rings. The van der Waals surface area contributed by atoms with Gasteiger partial charge in [0.2, 0.25) is 0 Å². The lowest BCUT2D eigenvalue weighted by molar-refractivity contribution is 0.249. The van der Waals surface area contributed by atoms with Crippen LogP contribution in [0.4, 0.5) is 14.9 Å². The zero-order chi connectivity index (χ0) is 25.8. The van der Waals surface area contributed by atoms with Crippen LogP contribution < -0.4 is 24.8 Å². The summed E-state index contributed by atoms with van der Waals surface area (Å²) in [6.45, 7) is 5.64. The van der Waals surface area contributed by atoms with Gasteiger partial charge in [-0.2, -0.15) is 0 Å². The van der Waals surface area contributed by atoms with Gasteiger partial charge in [0, 0.05) is 23.3 Å². The largest absolute Gasteiger partial charge is 0.493 e. The van der Waals surface area contributed by atoms with E-state index in [2.05, 4.69) is 15.6 Å². The van der Waals surface area contributed by atoms with Crippen molar-refractivity contribution in [3.05, 3.63) is 83.3 Å². The molecule has 186 valence electrons. The van der Waals surface area contributed by atoms with E-state index in [1.807, 2.05) is 39.0 Å². The summed E-state index contributed by atoms with van der Waals surface area (Å²) in [5.74, 6) is 2.12. The molecule has 4 aromatic rings. The molecule has 0 aliphatic carbocycles. The topological polar surface area (TPSA) is 81.7 Å². The quantitative estimate of drug-likeness (QED) is 0.303. The Bertz CT molecular complexity index is 1410. The number of halogens is 1. The van der Waals surface area contributed by atoms with Gasteiger partial charge in [0.15, 0.2) is 11.5 Å². The first kappa shape index (κ1) is 24.8. The minimum Gasteiger partial charge on any atom is -0.493 e. The summed E-state index contributed by atoms with van der Waals surface area (Å²) in [7, 11) is 3.16. The molecule has 8 heteroatoms. The molecule has 0 bridgehead atoms. The molecule has 0 aliphatic rings. The van der Waals surface area contributed by atoms with Crippen molar-refractivity contribution < 1.29 is 23.4 Å². The zero-order valence-electron chi connectivity index (χ0n) is 20.8. The van der Waals surface area contributed by atoms with Gasteiger partial charge in [0.1, 0.15) is 17.3 Å². The maximum atomic E-state index is 13.2. The smallest absolute Gasteiger partial charge is 0.319 e. The lowest BCUT2D eigenvalue weighted by Crippen LogP contribution is -2.31. The van der Waals surface area contributed by atoms with E-state index in [9.17, 15) is 9.18 Å². The van der Waals surface area contributed by atoms with Crippen molar-refractivity contribution in [1.29, 1.82) is 0 Å². The number of fused-ring (bicyclic) bond motifs is 1. The minimum absolute atomic E-state index is 0.287. The molecular formula is C28H28FN3O4. The van der Waals surface area contributed by atoms with Gasteiger partial charge in [-0.3, -0.25) is 4.98 Å². The number of rotatable bonds is 7. The molecule has 0 saturated carbocycles. The number of pyridine rings is 1. The van der Waals surface area contributed by atoms with E-state index in [0.717, 1.165) is 22.1 Å². The molecular weight excluding hydrogens is 461 g/mol. The van der Waals surface area contributed by atoms with E-state index >= 15 is 0 Å². The number of aryl methyl sites for hydroxylation is 2. The van der Waals surface area contributed by atoms with Crippen molar-refractivity contribution in [2.24, 2.45) is 0 Å². The molecule has 2 amide bonds. The van der Waals surface area contributed by atoms with Crippen molar-refractivity contribution in [2.75, 3.05) is 19.5 Å². The van der Waals surface area contributed by atoms with Crippen LogP contribution in [0.3, 0.4) is 0 Å². The predicted molar refractivity (Wildman–Crippen MR) is 138 cm³/mol. The van der Waals surface area contributed by atoms with Crippen LogP contribution in [0.5, 0.6) is 23.0 Å². The summed E-state index contributed by atoms with van der Waals surface area (Å²) in [6.07, 6.45) is 1.67. The highest BCUT2D eigenvalue weighted by atomic mass is 19.1. The Morgan fingerprint density at radius 2 is 1.58 bits per heavy atom. The van der Waals surface area contributed by atoms with Crippen LogP contribution in [0.2, 0.25) is 0 Å². The van der Waals surface area contributed by atoms with Gasteiger partial charge >= 0.3 is 6.03 Å². The summed E-state index contributed by atoms with van der Waals surface area (Å²) in [4.78, 5) is 17.0. The Labute approximate surface area is 209 Å². The molecule has 36 heavy (non-hydrogen) atoms. The van der Waals surface area contributed by atoms with Gasteiger partial charge in [0.25, 0.3) is 0 Å². The van der Waals surface area contributed by atoms with Crippen molar-refractivity contribution in [1.82, 2.24) is 10.3 Å². The van der Waals surface area contributed by atoms with Crippen LogP contribution in [-0.2, 0) is 0 Å². The van der Waals surface area contributed by atoms with Gasteiger partial charge in [-0.25, -0.2) is 9.18 Å². The highest BCUT2D eigenvalue weighted by molar-refractivity contribution is 5.91. The molecule has 0 radical (unpaired) electrons. The number of methoxy groups -OCH3 is 2. The Balaban J connectivity index is 1.53. The molecule has 1 heterocycles. The third-order valence-electron chi connectivity index (χ3n) is 5.91. The Hall–Kier alpha value is -4.33. The molecule has 1 aromatic heterocycles. The van der Waals surface area contributed by atoms with Crippen molar-refractivity contribution in [3.8, 4) is 23.0 Å². The number of nitrogens with one attached hydrogen (secondary N) is 2. The number of aromatic nitrogens is 1. The van der Waals surface area contributed by atoms with Crippen molar-refractivity contribution in [3.63, 3.8) is 0 Å². The molecule has 0 saturated heterocycles. The lowest BCUT2D eigenvalue weighted by Gasteiger charge is -2.18. The van der Waals surface area contributed by atoms with Gasteiger partial charge < -0.3 is 24.8 Å². The number of anilines is 1. The normalized spacial score (nSPS) is 11.6. The predicted octanol–water partition coefficient (Wildman–Crippen LogP) is 6.68. The highest BCUT2D eigenvalue weighted by Crippen LogP contribution is 2.38. The number of urea groups is 1. The van der Waals surface area contributed by atoms with E-state index < -0.39 is 0 Å². The molecule has 1 atom stereocenters. The Morgan fingerprint density at radius 1 is 0.889 bits per heavy atom. The van der Waals surface area contributed by atoms with Crippen LogP contribution in [0, 0.1) is 19.7 Å². The van der Waals surface area contributed by atoms with Crippen LogP contribution in [0.1, 0.15) is 29.7 Å². The first-order chi connectivity index (χ1) is 17.3. The third kappa shape index (κ3) is 5.33. The first-order valence-corrected chi connectivity index (χ1v) is 11.4. The number of amides is 2. The monoisotopic (exact) mass is 489 g/mol. The average Bonchev–Trinajstić information content (AvgIpc) is 2.86. The first-order valence-electron chi connectivity index (χ1n) is 11.4. The second-order valence-corrected chi connectivity index (χ2v) is 8.44. The summed E-state index contributed by atoms with van der Waals surface area (Å²) < 4.78 is 30.3. The van der Waals surface area contributed by atoms with E-state index in [1.165, 1.54) is 12.1 Å². The average molecular weight is 490 g/mol. The molecule has 7 nitrogen and oxygen atoms in total. The molecule has 0 aliphatic heterocycles. The number of ether oxygens (including phenoxy) is 3. The molecule has 2 N–H and O–H groups in total. The molecule has 4 rings (SSSR count). The Kier molecular flexibility index (Phi) is 7.24. The number of nitrogens with zero attached hydrogens (tertiary/aromatic N) is 1. The van der Waals surface area contributed by atoms with E-state index in [-0.39, 0.29) is 17.9 Å². The number of hydrogen-bond donors (Lipinski definition) is 2. The van der Waals surface area contributed by atoms with Crippen LogP contribution in [-0.4, -0.2) is 25.2 Å². The fourth-order valence-corrected chi connectivity index (χ4v) is 3.88. The fourth-order valence-electron chi connectivity index (χ4n) is 3.88. The number of benzene rings is 3. The van der Waals surface area contributed by atoms with Gasteiger partial charge in [-0.15, -0.1) is 0 Å². The molecule has 1 unspecified atom stereocenters. The third-order valence-corrected chi connectivity index (χ3v) is 5.91. The maximum Gasteiger partial charge on any atom is 0.319 e. The summed E-state index contributed by atoms with van der Waals surface area (Å²) in [5.41, 5.74) is 3.85. The van der Waals surface area contributed by atoms with Crippen LogP contribution >= 0.6 is 0 Å². The van der Waals surface area contributed by atoms with Crippen LogP contribution in [0.15, 0.2) is 60.8 Å². The van der Waals surface area contributed by atoms with Crippen molar-refractivity contribution in [2.45, 2.75) is 26.8 Å². The number of carbonyl (C=O) groups is 1. The number of hydrogen-bond acceptors (Lipinski definition) is 5. The SMILES string of the molecule is COc1cc2nccc(Oc3cc(C)c(NC(=O)NC(C)c4ccc(F)cc4)cc3C)c2cc1OC. The Morgan fingerprint density at radius 3 is 2.28 bits per heavy atom. The number of carbonyl (C=O) groups excluding carboxylic acids is 1. The minimum atomic E-state index is -0.357. The van der Waals surface area contributed by atoms with Crippen LogP contribution in [0.25, 0.3) is 10.9 Å². The summed E-state index contributed by atoms with van der Waals surface area (Å²) in [6, 6.07) is 14.6. The van der Waals surface area contributed by atoms with Gasteiger partial charge in [-0.1, -0.05) is 12.1 Å². The second kappa shape index (κ2) is 10.5. The lowest BCUT2D eigenvalue weighted by atomic mass is 10.1. The fraction of sp³-hybridized carbons (Fsp3) is 0.214. The molecule has 0 spiro atoms. The van der Waals surface area contributed by atoms with Gasteiger partial charge in [0.05, 0.1) is 25.8 Å². The standard InChI is InChI=1S/C28H28FN3O4/c1-16-13-25(36-24-10-11-30-23-15-27(35-5)26(34-4)14-21(23)24)17(2)12-22(16)32-28(33)31-18(3)19-6-8-20(29)9-7-19/h6-15,18H,1-5H3,(H2,31,32,33). The van der Waals surface area contributed by atoms with E-state index in [4.69, 9.17) is 14.2 Å². The molecule has 3 aromatic carbocycles. The highest BCUT2D eigenvalue weighted by Gasteiger charge is 2.15. The summed E-state index contributed by atoms with van der Waals surface area (Å²) >= 11 is 0. The summed E-state index contributed by atoms with van der Waals surface area (Å²) in [5, 5.41) is 6.55. The van der Waals surface area contributed by atoms with E-state index in [0.29, 0.717) is 34.2 Å². The maximum absolute atomic E-state index is 13.2. The van der Waals surface area contributed by atoms with E-state index in [1.54, 1.807) is 44.7 Å². The zero-order valence-corrected chi connectivity index (χ0v) is 20.8. The van der Waals surface area contributed by atoms with Crippen molar-refractivity contribution >= 4 is 22.6 Å². The van der Waals surface area contributed by atoms with Gasteiger partial charge in [-0.05, 0) is 73.9 Å².